The minimum Gasteiger partial charge on any atom is -0.280 e. The summed E-state index contributed by atoms with van der Waals surface area (Å²) in [5, 5.41) is 11.2. The van der Waals surface area contributed by atoms with Crippen LogP contribution in [0, 0.1) is 17.0 Å². The highest BCUT2D eigenvalue weighted by Crippen LogP contribution is 2.26. The number of non-ortho nitro benzene ring substituents is 1. The van der Waals surface area contributed by atoms with E-state index in [0.717, 1.165) is 6.07 Å². The highest BCUT2D eigenvalue weighted by Gasteiger charge is 2.21. The summed E-state index contributed by atoms with van der Waals surface area (Å²) in [6.45, 7) is 1.51. The highest BCUT2D eigenvalue weighted by molar-refractivity contribution is 7.93. The molecule has 0 radical (unpaired) electrons. The summed E-state index contributed by atoms with van der Waals surface area (Å²) in [5.41, 5.74) is 0.247. The van der Waals surface area contributed by atoms with Crippen molar-refractivity contribution in [3.63, 3.8) is 0 Å². The number of rotatable bonds is 7. The maximum Gasteiger partial charge on any atom is 0.270 e. The Hall–Kier alpha value is -3.15. The minimum atomic E-state index is -4.14. The zero-order valence-electron chi connectivity index (χ0n) is 15.9. The van der Waals surface area contributed by atoms with Crippen molar-refractivity contribution in [1.29, 1.82) is 0 Å². The summed E-state index contributed by atoms with van der Waals surface area (Å²) in [6.07, 6.45) is 0. The number of para-hydroxylation sites is 1. The molecule has 0 saturated heterocycles. The van der Waals surface area contributed by atoms with Crippen molar-refractivity contribution in [1.82, 2.24) is 0 Å². The third kappa shape index (κ3) is 5.13. The number of aryl methyl sites for hydroxylation is 1. The number of hydrogen-bond acceptors (Lipinski definition) is 6. The Morgan fingerprint density at radius 3 is 2.13 bits per heavy atom. The van der Waals surface area contributed by atoms with E-state index in [9.17, 15) is 26.9 Å². The number of benzene rings is 3. The third-order valence-electron chi connectivity index (χ3n) is 4.21. The molecule has 0 amide bonds. The predicted molar refractivity (Wildman–Crippen MR) is 117 cm³/mol. The van der Waals surface area contributed by atoms with E-state index < -0.39 is 25.0 Å². The molecule has 0 aliphatic rings. The first-order chi connectivity index (χ1) is 14.5. The number of nitrogens with zero attached hydrogens (tertiary/aromatic N) is 1. The normalized spacial score (nSPS) is 11.7. The SMILES string of the molecule is Cc1ccc([N+](=O)[O-])cc1S(=O)(=O)Nc1ccc(S(=O)(=O)Nc2ccccc2Cl)cc1. The van der Waals surface area contributed by atoms with Crippen molar-refractivity contribution in [3.8, 4) is 0 Å². The van der Waals surface area contributed by atoms with E-state index in [1.807, 2.05) is 0 Å². The van der Waals surface area contributed by atoms with Gasteiger partial charge < -0.3 is 0 Å². The summed E-state index contributed by atoms with van der Waals surface area (Å²) in [5.74, 6) is 0. The Kier molecular flexibility index (Phi) is 6.20. The van der Waals surface area contributed by atoms with Crippen LogP contribution in [0.15, 0.2) is 76.5 Å². The fraction of sp³-hybridized carbons (Fsp3) is 0.0526. The van der Waals surface area contributed by atoms with E-state index in [4.69, 9.17) is 11.6 Å². The van der Waals surface area contributed by atoms with E-state index in [1.165, 1.54) is 55.5 Å². The topological polar surface area (TPSA) is 135 Å². The Balaban J connectivity index is 1.84. The summed E-state index contributed by atoms with van der Waals surface area (Å²) in [4.78, 5) is 9.90. The molecule has 0 atom stereocenters. The maximum atomic E-state index is 12.7. The Morgan fingerprint density at radius 1 is 0.871 bits per heavy atom. The lowest BCUT2D eigenvalue weighted by Gasteiger charge is -2.12. The molecule has 3 rings (SSSR count). The fourth-order valence-corrected chi connectivity index (χ4v) is 5.29. The van der Waals surface area contributed by atoms with Gasteiger partial charge in [-0.1, -0.05) is 29.8 Å². The standard InChI is InChI=1S/C19H16ClN3O6S2/c1-13-6-9-15(23(24)25)12-19(13)31(28,29)21-14-7-10-16(11-8-14)30(26,27)22-18-5-3-2-4-17(18)20/h2-12,21-22H,1H3. The van der Waals surface area contributed by atoms with E-state index in [0.29, 0.717) is 5.56 Å². The van der Waals surface area contributed by atoms with Crippen LogP contribution in [-0.4, -0.2) is 21.8 Å². The number of halogens is 1. The minimum absolute atomic E-state index is 0.0857. The summed E-state index contributed by atoms with van der Waals surface area (Å²) in [6, 6.07) is 14.8. The van der Waals surface area contributed by atoms with E-state index in [-0.39, 0.29) is 31.9 Å². The molecule has 9 nitrogen and oxygen atoms in total. The van der Waals surface area contributed by atoms with Crippen molar-refractivity contribution < 1.29 is 21.8 Å². The second kappa shape index (κ2) is 8.53. The molecule has 3 aromatic carbocycles. The molecule has 162 valence electrons. The van der Waals surface area contributed by atoms with Gasteiger partial charge in [0.1, 0.15) is 0 Å². The van der Waals surface area contributed by atoms with Gasteiger partial charge >= 0.3 is 0 Å². The molecule has 0 spiro atoms. The number of nitro groups is 1. The third-order valence-corrected chi connectivity index (χ3v) is 7.44. The van der Waals surface area contributed by atoms with Gasteiger partial charge in [-0.25, -0.2) is 16.8 Å². The van der Waals surface area contributed by atoms with Crippen molar-refractivity contribution in [3.05, 3.63) is 87.4 Å². The van der Waals surface area contributed by atoms with Crippen LogP contribution in [0.2, 0.25) is 5.02 Å². The van der Waals surface area contributed by atoms with Crippen molar-refractivity contribution >= 4 is 48.7 Å². The van der Waals surface area contributed by atoms with Crippen LogP contribution in [-0.2, 0) is 20.0 Å². The first kappa shape index (κ1) is 22.5. The molecule has 0 aliphatic carbocycles. The van der Waals surface area contributed by atoms with Gasteiger partial charge in [-0.2, -0.15) is 0 Å². The fourth-order valence-electron chi connectivity index (χ4n) is 2.65. The van der Waals surface area contributed by atoms with Crippen LogP contribution in [0.1, 0.15) is 5.56 Å². The molecule has 0 bridgehead atoms. The Bertz CT molecular complexity index is 1360. The lowest BCUT2D eigenvalue weighted by molar-refractivity contribution is -0.385. The van der Waals surface area contributed by atoms with E-state index in [1.54, 1.807) is 12.1 Å². The summed E-state index contributed by atoms with van der Waals surface area (Å²) in [7, 11) is -8.10. The lowest BCUT2D eigenvalue weighted by atomic mass is 10.2. The molecule has 3 aromatic rings. The number of anilines is 2. The van der Waals surface area contributed by atoms with Gasteiger partial charge in [0.25, 0.3) is 25.7 Å². The van der Waals surface area contributed by atoms with Gasteiger partial charge in [0.15, 0.2) is 0 Å². The van der Waals surface area contributed by atoms with Crippen LogP contribution in [0.5, 0.6) is 0 Å². The van der Waals surface area contributed by atoms with Crippen molar-refractivity contribution in [2.24, 2.45) is 0 Å². The molecule has 31 heavy (non-hydrogen) atoms. The second-order valence-electron chi connectivity index (χ2n) is 6.42. The lowest BCUT2D eigenvalue weighted by Crippen LogP contribution is -2.15. The molecule has 2 N–H and O–H groups in total. The molecular weight excluding hydrogens is 466 g/mol. The second-order valence-corrected chi connectivity index (χ2v) is 10.2. The number of hydrogen-bond donors (Lipinski definition) is 2. The number of nitro benzene ring substituents is 1. The van der Waals surface area contributed by atoms with Crippen LogP contribution in [0.25, 0.3) is 0 Å². The monoisotopic (exact) mass is 481 g/mol. The predicted octanol–water partition coefficient (Wildman–Crippen LogP) is 4.16. The molecule has 0 aliphatic heterocycles. The van der Waals surface area contributed by atoms with Crippen LogP contribution < -0.4 is 9.44 Å². The molecule has 12 heteroatoms. The first-order valence-corrected chi connectivity index (χ1v) is 12.0. The number of nitrogens with one attached hydrogen (secondary N) is 2. The first-order valence-electron chi connectivity index (χ1n) is 8.65. The van der Waals surface area contributed by atoms with Crippen molar-refractivity contribution in [2.45, 2.75) is 16.7 Å². The molecule has 0 aromatic heterocycles. The van der Waals surface area contributed by atoms with Gasteiger partial charge in [-0.3, -0.25) is 19.6 Å². The smallest absolute Gasteiger partial charge is 0.270 e. The quantitative estimate of drug-likeness (QED) is 0.384. The van der Waals surface area contributed by atoms with Gasteiger partial charge in [-0.05, 0) is 48.9 Å². The zero-order chi connectivity index (χ0) is 22.8. The average molecular weight is 482 g/mol. The van der Waals surface area contributed by atoms with E-state index >= 15 is 0 Å². The highest BCUT2D eigenvalue weighted by atomic mass is 35.5. The largest absolute Gasteiger partial charge is 0.280 e. The molecule has 0 unspecified atom stereocenters. The zero-order valence-corrected chi connectivity index (χ0v) is 18.3. The van der Waals surface area contributed by atoms with Gasteiger partial charge in [-0.15, -0.1) is 0 Å². The van der Waals surface area contributed by atoms with Crippen LogP contribution >= 0.6 is 11.6 Å². The molecular formula is C19H16ClN3O6S2. The van der Waals surface area contributed by atoms with Crippen LogP contribution in [0.4, 0.5) is 17.1 Å². The van der Waals surface area contributed by atoms with E-state index in [2.05, 4.69) is 9.44 Å². The van der Waals surface area contributed by atoms with Gasteiger partial charge in [0.05, 0.1) is 25.4 Å². The van der Waals surface area contributed by atoms with Crippen molar-refractivity contribution in [2.75, 3.05) is 9.44 Å². The number of sulfonamides is 2. The molecule has 0 saturated carbocycles. The Labute approximate surface area is 183 Å². The summed E-state index contributed by atoms with van der Waals surface area (Å²) < 4.78 is 55.1. The molecule has 0 fully saturated rings. The van der Waals surface area contributed by atoms with Gasteiger partial charge in [0.2, 0.25) is 0 Å². The average Bonchev–Trinajstić information content (AvgIpc) is 2.69. The van der Waals surface area contributed by atoms with Gasteiger partial charge in [0, 0.05) is 17.8 Å². The molecule has 0 heterocycles. The Morgan fingerprint density at radius 2 is 1.52 bits per heavy atom. The maximum absolute atomic E-state index is 12.7. The summed E-state index contributed by atoms with van der Waals surface area (Å²) >= 11 is 5.97. The van der Waals surface area contributed by atoms with Crippen LogP contribution in [0.3, 0.4) is 0 Å².